The second kappa shape index (κ2) is 3.87. The van der Waals surface area contributed by atoms with Gasteiger partial charge in [0.1, 0.15) is 6.04 Å². The van der Waals surface area contributed by atoms with Crippen LogP contribution in [0.3, 0.4) is 0 Å². The number of aliphatic carboxylic acids is 1. The fourth-order valence-electron chi connectivity index (χ4n) is 0.777. The molecule has 0 aromatic carbocycles. The van der Waals surface area contributed by atoms with Crippen LogP contribution in [0.1, 0.15) is 29.0 Å². The molecule has 0 aliphatic rings. The van der Waals surface area contributed by atoms with Crippen molar-refractivity contribution in [1.82, 2.24) is 0 Å². The summed E-state index contributed by atoms with van der Waals surface area (Å²) in [6.07, 6.45) is -0.585. The van der Waals surface area contributed by atoms with Crippen LogP contribution in [-0.4, -0.2) is 28.8 Å². The summed E-state index contributed by atoms with van der Waals surface area (Å²) in [5.41, 5.74) is 4.69. The molecule has 0 rings (SSSR count). The van der Waals surface area contributed by atoms with Gasteiger partial charge in [-0.2, -0.15) is 0 Å². The minimum absolute atomic E-state index is 0.0731. The van der Waals surface area contributed by atoms with Crippen molar-refractivity contribution < 1.29 is 16.0 Å². The van der Waals surface area contributed by atoms with Crippen molar-refractivity contribution in [3.8, 4) is 0 Å². The van der Waals surface area contributed by atoms with Crippen LogP contribution in [0.15, 0.2) is 0 Å². The van der Waals surface area contributed by atoms with Gasteiger partial charge in [-0.15, -0.1) is 0 Å². The van der Waals surface area contributed by atoms with E-state index in [1.807, 2.05) is 0 Å². The molecule has 3 N–H and O–H groups in total. The Bertz CT molecular complexity index is 184. The first-order valence-corrected chi connectivity index (χ1v) is 3.75. The normalized spacial score (nSPS) is 18.2. The topological polar surface area (TPSA) is 72.5 Å². The Kier molecular flexibility index (Phi) is 3.05. The first kappa shape index (κ1) is 9.48. The van der Waals surface area contributed by atoms with Crippen LogP contribution in [-0.2, 0) is 9.53 Å². The lowest BCUT2D eigenvalue weighted by Crippen LogP contribution is -2.44. The standard InChI is InChI=1S/C8H17NO3/c1-5(6(9)7(10)11)12-8(2,3)4/h5-6H,9H2,1-4H3,(H,10,11)/t5-,6+/m1/s1/i2D. The maximum absolute atomic E-state index is 10.5. The van der Waals surface area contributed by atoms with Gasteiger partial charge in [0.05, 0.1) is 11.7 Å². The van der Waals surface area contributed by atoms with E-state index in [2.05, 4.69) is 0 Å². The van der Waals surface area contributed by atoms with Crippen LogP contribution in [0, 0.1) is 0 Å². The quantitative estimate of drug-likeness (QED) is 0.660. The Morgan fingerprint density at radius 2 is 2.25 bits per heavy atom. The van der Waals surface area contributed by atoms with Crippen LogP contribution in [0.25, 0.3) is 0 Å². The van der Waals surface area contributed by atoms with Crippen LogP contribution in [0.5, 0.6) is 0 Å². The van der Waals surface area contributed by atoms with Gasteiger partial charge in [-0.1, -0.05) is 0 Å². The molecule has 0 spiro atoms. The van der Waals surface area contributed by atoms with Crippen molar-refractivity contribution in [2.24, 2.45) is 5.73 Å². The zero-order valence-corrected chi connectivity index (χ0v) is 7.70. The van der Waals surface area contributed by atoms with E-state index < -0.39 is 23.7 Å². The average molecular weight is 176 g/mol. The Balaban J connectivity index is 4.14. The summed E-state index contributed by atoms with van der Waals surface area (Å²) >= 11 is 0. The molecule has 0 radical (unpaired) electrons. The monoisotopic (exact) mass is 176 g/mol. The molecule has 0 heterocycles. The third-order valence-corrected chi connectivity index (χ3v) is 1.30. The van der Waals surface area contributed by atoms with Gasteiger partial charge >= 0.3 is 5.97 Å². The van der Waals surface area contributed by atoms with Crippen LogP contribution >= 0.6 is 0 Å². The van der Waals surface area contributed by atoms with Crippen LogP contribution < -0.4 is 5.73 Å². The summed E-state index contributed by atoms with van der Waals surface area (Å²) < 4.78 is 12.5. The number of carboxylic acids is 1. The number of carboxylic acid groups (broad SMARTS) is 1. The Morgan fingerprint density at radius 3 is 2.58 bits per heavy atom. The fourth-order valence-corrected chi connectivity index (χ4v) is 0.777. The largest absolute Gasteiger partial charge is 0.480 e. The molecule has 0 unspecified atom stereocenters. The minimum atomic E-state index is -1.09. The molecular weight excluding hydrogens is 158 g/mol. The molecule has 0 bridgehead atoms. The van der Waals surface area contributed by atoms with Gasteiger partial charge in [0, 0.05) is 1.37 Å². The number of ether oxygens (including phenoxy) is 1. The van der Waals surface area contributed by atoms with Crippen molar-refractivity contribution in [1.29, 1.82) is 0 Å². The Labute approximate surface area is 74.1 Å². The fraction of sp³-hybridized carbons (Fsp3) is 0.875. The molecule has 12 heavy (non-hydrogen) atoms. The SMILES string of the molecule is [2H]CC(C)(C)O[C@H](C)[C@H](N)C(=O)O. The zero-order chi connectivity index (χ0) is 10.6. The first-order chi connectivity index (χ1) is 5.80. The summed E-state index contributed by atoms with van der Waals surface area (Å²) in [6, 6.07) is -1.04. The van der Waals surface area contributed by atoms with E-state index in [0.717, 1.165) is 0 Å². The maximum Gasteiger partial charge on any atom is 0.323 e. The van der Waals surface area contributed by atoms with E-state index in [-0.39, 0.29) is 6.90 Å². The van der Waals surface area contributed by atoms with Crippen molar-refractivity contribution in [3.63, 3.8) is 0 Å². The van der Waals surface area contributed by atoms with E-state index in [1.165, 1.54) is 0 Å². The summed E-state index contributed by atoms with van der Waals surface area (Å²) in [5, 5.41) is 8.57. The molecule has 0 aliphatic carbocycles. The molecule has 0 saturated heterocycles. The lowest BCUT2D eigenvalue weighted by molar-refractivity contribution is -0.145. The molecule has 2 atom stereocenters. The van der Waals surface area contributed by atoms with Gasteiger partial charge in [0.25, 0.3) is 0 Å². The highest BCUT2D eigenvalue weighted by atomic mass is 16.5. The van der Waals surface area contributed by atoms with E-state index in [4.69, 9.17) is 16.9 Å². The molecular formula is C8H17NO3. The third kappa shape index (κ3) is 4.31. The predicted octanol–water partition coefficient (Wildman–Crippen LogP) is 0.602. The summed E-state index contributed by atoms with van der Waals surface area (Å²) in [7, 11) is 0. The van der Waals surface area contributed by atoms with Gasteiger partial charge in [-0.05, 0) is 27.7 Å². The molecule has 0 fully saturated rings. The third-order valence-electron chi connectivity index (χ3n) is 1.30. The van der Waals surface area contributed by atoms with Crippen molar-refractivity contribution in [2.75, 3.05) is 0 Å². The summed E-state index contributed by atoms with van der Waals surface area (Å²) in [6.45, 7) is 5.12. The van der Waals surface area contributed by atoms with E-state index >= 15 is 0 Å². The summed E-state index contributed by atoms with van der Waals surface area (Å²) in [4.78, 5) is 10.5. The van der Waals surface area contributed by atoms with Crippen LogP contribution in [0.4, 0.5) is 0 Å². The zero-order valence-electron chi connectivity index (χ0n) is 8.70. The molecule has 4 heteroatoms. The van der Waals surface area contributed by atoms with Gasteiger partial charge in [0.2, 0.25) is 0 Å². The Morgan fingerprint density at radius 1 is 1.75 bits per heavy atom. The van der Waals surface area contributed by atoms with Crippen LogP contribution in [0.2, 0.25) is 0 Å². The molecule has 0 aromatic heterocycles. The van der Waals surface area contributed by atoms with E-state index in [9.17, 15) is 4.79 Å². The smallest absolute Gasteiger partial charge is 0.323 e. The molecule has 4 nitrogen and oxygen atoms in total. The van der Waals surface area contributed by atoms with Gasteiger partial charge in [-0.25, -0.2) is 0 Å². The molecule has 0 aliphatic heterocycles. The number of hydrogen-bond acceptors (Lipinski definition) is 3. The second-order valence-electron chi connectivity index (χ2n) is 3.45. The second-order valence-corrected chi connectivity index (χ2v) is 3.45. The highest BCUT2D eigenvalue weighted by Crippen LogP contribution is 2.11. The van der Waals surface area contributed by atoms with E-state index in [1.54, 1.807) is 20.8 Å². The highest BCUT2D eigenvalue weighted by molar-refractivity contribution is 5.73. The maximum atomic E-state index is 10.5. The number of carbonyl (C=O) groups is 1. The average Bonchev–Trinajstić information content (AvgIpc) is 2.02. The Hall–Kier alpha value is -0.610. The highest BCUT2D eigenvalue weighted by Gasteiger charge is 2.24. The number of rotatable bonds is 3. The van der Waals surface area contributed by atoms with Gasteiger partial charge < -0.3 is 15.6 Å². The van der Waals surface area contributed by atoms with E-state index in [0.29, 0.717) is 0 Å². The predicted molar refractivity (Wildman–Crippen MR) is 45.9 cm³/mol. The van der Waals surface area contributed by atoms with Crippen molar-refractivity contribution in [3.05, 3.63) is 0 Å². The van der Waals surface area contributed by atoms with Gasteiger partial charge in [0.15, 0.2) is 0 Å². The molecule has 0 amide bonds. The lowest BCUT2D eigenvalue weighted by Gasteiger charge is -2.26. The van der Waals surface area contributed by atoms with Crippen molar-refractivity contribution >= 4 is 5.97 Å². The summed E-state index contributed by atoms with van der Waals surface area (Å²) in [5.74, 6) is -1.09. The first-order valence-electron chi connectivity index (χ1n) is 4.46. The lowest BCUT2D eigenvalue weighted by atomic mass is 10.1. The minimum Gasteiger partial charge on any atom is -0.480 e. The molecule has 72 valence electrons. The molecule has 0 aromatic rings. The molecule has 0 saturated carbocycles. The van der Waals surface area contributed by atoms with Gasteiger partial charge in [-0.3, -0.25) is 4.79 Å². The number of hydrogen-bond donors (Lipinski definition) is 2. The number of nitrogens with two attached hydrogens (primary N) is 1. The van der Waals surface area contributed by atoms with Crippen molar-refractivity contribution in [2.45, 2.75) is 45.4 Å².